The number of aliphatic hydroxyl groups excluding tert-OH is 1. The molecule has 0 bridgehead atoms. The lowest BCUT2D eigenvalue weighted by Crippen LogP contribution is -2.00. The van der Waals surface area contributed by atoms with E-state index in [9.17, 15) is 14.3 Å². The van der Waals surface area contributed by atoms with Crippen molar-refractivity contribution in [2.24, 2.45) is 0 Å². The molecular formula is C18H17FN2O4S. The number of hydrogen-bond donors (Lipinski definition) is 1. The first kappa shape index (κ1) is 18.2. The zero-order chi connectivity index (χ0) is 18.5. The van der Waals surface area contributed by atoms with Crippen molar-refractivity contribution < 1.29 is 23.4 Å². The quantitative estimate of drug-likeness (QED) is 0.504. The Morgan fingerprint density at radius 2 is 2.08 bits per heavy atom. The summed E-state index contributed by atoms with van der Waals surface area (Å²) >= 11 is 1.41. The summed E-state index contributed by atoms with van der Waals surface area (Å²) in [5.41, 5.74) is 1.46. The Morgan fingerprint density at radius 1 is 1.31 bits per heavy atom. The van der Waals surface area contributed by atoms with Crippen LogP contribution in [-0.2, 0) is 23.6 Å². The summed E-state index contributed by atoms with van der Waals surface area (Å²) in [6, 6.07) is 9.49. The van der Waals surface area contributed by atoms with E-state index < -0.39 is 5.97 Å². The molecule has 0 amide bonds. The second-order valence-corrected chi connectivity index (χ2v) is 6.42. The van der Waals surface area contributed by atoms with Crippen molar-refractivity contribution in [1.82, 2.24) is 9.55 Å². The molecule has 2 aromatic heterocycles. The smallest absolute Gasteiger partial charge is 0.373 e. The van der Waals surface area contributed by atoms with Crippen LogP contribution in [0.25, 0.3) is 0 Å². The lowest BCUT2D eigenvalue weighted by molar-refractivity contribution is 0.0563. The maximum Gasteiger partial charge on any atom is 0.373 e. The SMILES string of the molecule is COC(=O)c1ccc(CSc2nc(CO)cn2Cc2ccc(F)cc2)o1. The molecule has 1 aromatic carbocycles. The van der Waals surface area contributed by atoms with Gasteiger partial charge in [0.1, 0.15) is 11.6 Å². The molecule has 1 N–H and O–H groups in total. The largest absolute Gasteiger partial charge is 0.463 e. The van der Waals surface area contributed by atoms with Crippen LogP contribution < -0.4 is 0 Å². The molecule has 0 radical (unpaired) electrons. The summed E-state index contributed by atoms with van der Waals surface area (Å²) in [5, 5.41) is 10.0. The number of carbonyl (C=O) groups excluding carboxylic acids is 1. The van der Waals surface area contributed by atoms with Gasteiger partial charge in [0, 0.05) is 12.7 Å². The van der Waals surface area contributed by atoms with Crippen LogP contribution in [0, 0.1) is 5.82 Å². The third kappa shape index (κ3) is 4.33. The number of imidazole rings is 1. The molecule has 3 rings (SSSR count). The van der Waals surface area contributed by atoms with Crippen LogP contribution in [0.3, 0.4) is 0 Å². The van der Waals surface area contributed by atoms with Crippen molar-refractivity contribution in [3.05, 3.63) is 71.2 Å². The van der Waals surface area contributed by atoms with Crippen molar-refractivity contribution in [1.29, 1.82) is 0 Å². The molecule has 0 aliphatic heterocycles. The van der Waals surface area contributed by atoms with E-state index >= 15 is 0 Å². The van der Waals surface area contributed by atoms with Gasteiger partial charge in [0.15, 0.2) is 5.16 Å². The average Bonchev–Trinajstić information content (AvgIpc) is 3.28. The minimum atomic E-state index is -0.526. The summed E-state index contributed by atoms with van der Waals surface area (Å²) in [4.78, 5) is 15.8. The number of halogens is 1. The van der Waals surface area contributed by atoms with Gasteiger partial charge in [-0.05, 0) is 29.8 Å². The van der Waals surface area contributed by atoms with Gasteiger partial charge >= 0.3 is 5.97 Å². The molecule has 0 saturated carbocycles. The van der Waals surface area contributed by atoms with Gasteiger partial charge in [-0.15, -0.1) is 0 Å². The number of aromatic nitrogens is 2. The number of methoxy groups -OCH3 is 1. The summed E-state index contributed by atoms with van der Waals surface area (Å²) in [6.07, 6.45) is 1.76. The topological polar surface area (TPSA) is 77.5 Å². The molecule has 0 aliphatic carbocycles. The fourth-order valence-corrected chi connectivity index (χ4v) is 3.24. The zero-order valence-electron chi connectivity index (χ0n) is 14.0. The number of nitrogens with zero attached hydrogens (tertiary/aromatic N) is 2. The standard InChI is InChI=1S/C18H17FN2O4S/c1-24-17(23)16-7-6-15(25-16)11-26-18-20-14(10-22)9-21(18)8-12-2-4-13(19)5-3-12/h2-7,9,22H,8,10-11H2,1H3. The molecule has 0 fully saturated rings. The van der Waals surface area contributed by atoms with Gasteiger partial charge in [-0.25, -0.2) is 14.2 Å². The highest BCUT2D eigenvalue weighted by atomic mass is 32.2. The van der Waals surface area contributed by atoms with E-state index in [1.165, 1.54) is 31.0 Å². The first-order valence-corrected chi connectivity index (χ1v) is 8.78. The molecule has 0 unspecified atom stereocenters. The normalized spacial score (nSPS) is 10.9. The van der Waals surface area contributed by atoms with Crippen LogP contribution in [0.1, 0.15) is 27.6 Å². The maximum atomic E-state index is 13.1. The van der Waals surface area contributed by atoms with Crippen LogP contribution in [0.5, 0.6) is 0 Å². The van der Waals surface area contributed by atoms with Gasteiger partial charge in [0.2, 0.25) is 5.76 Å². The number of thioether (sulfide) groups is 1. The van der Waals surface area contributed by atoms with Crippen molar-refractivity contribution in [2.45, 2.75) is 24.1 Å². The van der Waals surface area contributed by atoms with Crippen LogP contribution in [0.2, 0.25) is 0 Å². The number of benzene rings is 1. The Bertz CT molecular complexity index is 889. The second-order valence-electron chi connectivity index (χ2n) is 5.47. The Kier molecular flexibility index (Phi) is 5.75. The third-order valence-corrected chi connectivity index (χ3v) is 4.62. The molecule has 136 valence electrons. The van der Waals surface area contributed by atoms with E-state index in [0.717, 1.165) is 5.56 Å². The van der Waals surface area contributed by atoms with E-state index in [-0.39, 0.29) is 18.2 Å². The van der Waals surface area contributed by atoms with Gasteiger partial charge in [0.25, 0.3) is 0 Å². The lowest BCUT2D eigenvalue weighted by Gasteiger charge is -2.07. The summed E-state index contributed by atoms with van der Waals surface area (Å²) < 4.78 is 25.0. The van der Waals surface area contributed by atoms with Gasteiger partial charge < -0.3 is 18.8 Å². The number of ether oxygens (including phenoxy) is 1. The second kappa shape index (κ2) is 8.20. The molecule has 26 heavy (non-hydrogen) atoms. The highest BCUT2D eigenvalue weighted by Gasteiger charge is 2.13. The zero-order valence-corrected chi connectivity index (χ0v) is 14.8. The molecule has 6 nitrogen and oxygen atoms in total. The Hall–Kier alpha value is -2.58. The molecule has 8 heteroatoms. The van der Waals surface area contributed by atoms with Crippen LogP contribution >= 0.6 is 11.8 Å². The Balaban J connectivity index is 1.72. The maximum absolute atomic E-state index is 13.1. The van der Waals surface area contributed by atoms with E-state index in [4.69, 9.17) is 4.42 Å². The monoisotopic (exact) mass is 376 g/mol. The fraction of sp³-hybridized carbons (Fsp3) is 0.222. The summed E-state index contributed by atoms with van der Waals surface area (Å²) in [7, 11) is 1.29. The summed E-state index contributed by atoms with van der Waals surface area (Å²) in [5.74, 6) is 0.402. The highest BCUT2D eigenvalue weighted by molar-refractivity contribution is 7.98. The van der Waals surface area contributed by atoms with E-state index in [1.54, 1.807) is 30.5 Å². The highest BCUT2D eigenvalue weighted by Crippen LogP contribution is 2.25. The number of furan rings is 1. The molecule has 0 saturated heterocycles. The Morgan fingerprint density at radius 3 is 2.77 bits per heavy atom. The van der Waals surface area contributed by atoms with E-state index in [0.29, 0.717) is 28.9 Å². The first-order chi connectivity index (χ1) is 12.6. The first-order valence-electron chi connectivity index (χ1n) is 7.80. The van der Waals surface area contributed by atoms with Gasteiger partial charge in [0.05, 0.1) is 25.2 Å². The number of aliphatic hydroxyl groups is 1. The predicted molar refractivity (Wildman–Crippen MR) is 93.3 cm³/mol. The van der Waals surface area contributed by atoms with Crippen molar-refractivity contribution in [3.63, 3.8) is 0 Å². The van der Waals surface area contributed by atoms with Crippen molar-refractivity contribution in [3.8, 4) is 0 Å². The van der Waals surface area contributed by atoms with Crippen LogP contribution in [0.15, 0.2) is 52.2 Å². The molecular weight excluding hydrogens is 359 g/mol. The van der Waals surface area contributed by atoms with Crippen LogP contribution in [0.4, 0.5) is 4.39 Å². The molecule has 0 spiro atoms. The van der Waals surface area contributed by atoms with Crippen LogP contribution in [-0.4, -0.2) is 27.7 Å². The van der Waals surface area contributed by atoms with Crippen molar-refractivity contribution in [2.75, 3.05) is 7.11 Å². The molecule has 0 aliphatic rings. The number of hydrogen-bond acceptors (Lipinski definition) is 6. The lowest BCUT2D eigenvalue weighted by atomic mass is 10.2. The number of esters is 1. The number of carbonyl (C=O) groups is 1. The molecule has 0 atom stereocenters. The van der Waals surface area contributed by atoms with Gasteiger partial charge in [-0.2, -0.15) is 0 Å². The van der Waals surface area contributed by atoms with Gasteiger partial charge in [-0.1, -0.05) is 23.9 Å². The minimum absolute atomic E-state index is 0.147. The number of rotatable bonds is 7. The summed E-state index contributed by atoms with van der Waals surface area (Å²) in [6.45, 7) is 0.332. The van der Waals surface area contributed by atoms with Crippen molar-refractivity contribution >= 4 is 17.7 Å². The van der Waals surface area contributed by atoms with E-state index in [2.05, 4.69) is 9.72 Å². The third-order valence-electron chi connectivity index (χ3n) is 3.61. The molecule has 2 heterocycles. The minimum Gasteiger partial charge on any atom is -0.463 e. The fourth-order valence-electron chi connectivity index (χ4n) is 2.34. The van der Waals surface area contributed by atoms with Gasteiger partial charge in [-0.3, -0.25) is 0 Å². The van der Waals surface area contributed by atoms with E-state index in [1.807, 2.05) is 4.57 Å². The Labute approximate surface area is 153 Å². The average molecular weight is 376 g/mol. The predicted octanol–water partition coefficient (Wildman–Crippen LogP) is 3.23. The molecule has 3 aromatic rings.